The molecule has 0 bridgehead atoms. The Kier molecular flexibility index (Phi) is 9.89. The molecule has 0 saturated heterocycles. The van der Waals surface area contributed by atoms with Gasteiger partial charge in [0.05, 0.1) is 26.1 Å². The Hall–Kier alpha value is -4.38. The van der Waals surface area contributed by atoms with E-state index < -0.39 is 5.41 Å². The second kappa shape index (κ2) is 14.6. The zero-order valence-electron chi connectivity index (χ0n) is 27.4. The number of aryl methyl sites for hydroxylation is 1. The fourth-order valence-corrected chi connectivity index (χ4v) is 7.78. The molecule has 0 amide bonds. The first-order valence-electron chi connectivity index (χ1n) is 17.0. The molecule has 4 nitrogen and oxygen atoms in total. The molecule has 0 aliphatic heterocycles. The predicted octanol–water partition coefficient (Wildman–Crippen LogP) is 10.5. The summed E-state index contributed by atoms with van der Waals surface area (Å²) in [6.07, 6.45) is 7.92. The van der Waals surface area contributed by atoms with Gasteiger partial charge in [-0.15, -0.1) is 23.2 Å². The van der Waals surface area contributed by atoms with Crippen LogP contribution in [-0.2, 0) is 30.9 Å². The smallest absolute Gasteiger partial charge is 0.306 e. The molecule has 0 radical (unpaired) electrons. The van der Waals surface area contributed by atoms with Gasteiger partial charge in [0.25, 0.3) is 0 Å². The van der Waals surface area contributed by atoms with E-state index in [0.717, 1.165) is 57.3 Å². The molecule has 0 atom stereocenters. The molecule has 0 fully saturated rings. The number of halogens is 2. The van der Waals surface area contributed by atoms with Crippen molar-refractivity contribution in [2.24, 2.45) is 0 Å². The molecule has 5 aromatic rings. The second-order valence-corrected chi connectivity index (χ2v) is 13.6. The number of benzene rings is 5. The van der Waals surface area contributed by atoms with Gasteiger partial charge in [0.15, 0.2) is 0 Å². The fourth-order valence-electron chi connectivity index (χ4n) is 7.47. The Balaban J connectivity index is 1.35. The average molecular weight is 690 g/mol. The Bertz CT molecular complexity index is 2040. The van der Waals surface area contributed by atoms with Crippen LogP contribution in [0.3, 0.4) is 0 Å². The summed E-state index contributed by atoms with van der Waals surface area (Å²) in [5, 5.41) is 2.37. The summed E-state index contributed by atoms with van der Waals surface area (Å²) in [6, 6.07) is 35.0. The number of carbonyl (C=O) groups excluding carboxylic acids is 2. The predicted molar refractivity (Wildman–Crippen MR) is 200 cm³/mol. The van der Waals surface area contributed by atoms with E-state index in [0.29, 0.717) is 12.8 Å². The molecule has 2 aliphatic carbocycles. The highest BCUT2D eigenvalue weighted by atomic mass is 35.5. The lowest BCUT2D eigenvalue weighted by molar-refractivity contribution is -0.143. The van der Waals surface area contributed by atoms with E-state index in [1.165, 1.54) is 21.9 Å². The van der Waals surface area contributed by atoms with Crippen molar-refractivity contribution in [2.75, 3.05) is 25.0 Å². The van der Waals surface area contributed by atoms with E-state index >= 15 is 0 Å². The molecule has 2 aliphatic rings. The number of hydrogen-bond acceptors (Lipinski definition) is 4. The van der Waals surface area contributed by atoms with Crippen LogP contribution in [0.1, 0.15) is 54.4 Å². The number of carbonyl (C=O) groups is 2. The Morgan fingerprint density at radius 3 is 1.82 bits per heavy atom. The van der Waals surface area contributed by atoms with Crippen LogP contribution in [0.15, 0.2) is 103 Å². The van der Waals surface area contributed by atoms with Gasteiger partial charge in [0, 0.05) is 17.2 Å². The molecule has 5 aromatic carbocycles. The van der Waals surface area contributed by atoms with Crippen molar-refractivity contribution < 1.29 is 19.1 Å². The summed E-state index contributed by atoms with van der Waals surface area (Å²) in [4.78, 5) is 25.0. The number of rotatable bonds is 12. The summed E-state index contributed by atoms with van der Waals surface area (Å²) < 4.78 is 11.5. The Morgan fingerprint density at radius 2 is 1.18 bits per heavy atom. The molecule has 7 rings (SSSR count). The van der Waals surface area contributed by atoms with Crippen molar-refractivity contribution in [3.8, 4) is 33.4 Å². The zero-order chi connectivity index (χ0) is 33.8. The highest BCUT2D eigenvalue weighted by Gasteiger charge is 2.43. The molecule has 248 valence electrons. The Morgan fingerprint density at radius 1 is 0.633 bits per heavy atom. The van der Waals surface area contributed by atoms with E-state index in [9.17, 15) is 9.59 Å². The van der Waals surface area contributed by atoms with Crippen molar-refractivity contribution in [1.82, 2.24) is 0 Å². The number of esters is 2. The topological polar surface area (TPSA) is 52.6 Å². The third-order valence-corrected chi connectivity index (χ3v) is 10.4. The number of fused-ring (bicyclic) bond motifs is 5. The van der Waals surface area contributed by atoms with Gasteiger partial charge in [0.1, 0.15) is 0 Å². The molecule has 0 saturated carbocycles. The lowest BCUT2D eigenvalue weighted by Gasteiger charge is -2.33. The van der Waals surface area contributed by atoms with Gasteiger partial charge < -0.3 is 9.47 Å². The van der Waals surface area contributed by atoms with Gasteiger partial charge in [-0.3, -0.25) is 9.59 Å². The highest BCUT2D eigenvalue weighted by Crippen LogP contribution is 2.54. The molecular formula is C43H38Cl2O4. The van der Waals surface area contributed by atoms with E-state index in [-0.39, 0.29) is 49.8 Å². The van der Waals surface area contributed by atoms with Crippen LogP contribution in [0, 0.1) is 0 Å². The summed E-state index contributed by atoms with van der Waals surface area (Å²) in [5.74, 6) is -0.225. The standard InChI is InChI=1S/C43H38Cl2O4/c44-21-17-41(46)48-23-19-43(20-24-49-42(47)18-22-45)39-27-35(33-11-9-29-5-1-3-7-31(29)25-33)13-15-37(39)38-16-14-36(28-40(38)43)34-12-10-30-6-2-4-8-32(30)26-34/h1,3-5,7-16,25-28H,2,6,17-24H2. The maximum atomic E-state index is 12.5. The highest BCUT2D eigenvalue weighted by molar-refractivity contribution is 6.19. The monoisotopic (exact) mass is 688 g/mol. The molecular weight excluding hydrogens is 651 g/mol. The van der Waals surface area contributed by atoms with Crippen LogP contribution < -0.4 is 0 Å². The molecule has 0 spiro atoms. The normalized spacial score (nSPS) is 13.8. The first-order chi connectivity index (χ1) is 24.0. The van der Waals surface area contributed by atoms with Crippen molar-refractivity contribution in [1.29, 1.82) is 0 Å². The minimum Gasteiger partial charge on any atom is -0.466 e. The first-order valence-corrected chi connectivity index (χ1v) is 18.1. The number of hydrogen-bond donors (Lipinski definition) is 0. The minimum absolute atomic E-state index is 0.154. The molecule has 0 unspecified atom stereocenters. The lowest BCUT2D eigenvalue weighted by Crippen LogP contribution is -2.30. The van der Waals surface area contributed by atoms with Crippen LogP contribution in [0.4, 0.5) is 0 Å². The minimum atomic E-state index is -0.593. The van der Waals surface area contributed by atoms with Gasteiger partial charge in [-0.1, -0.05) is 84.9 Å². The quantitative estimate of drug-likeness (QED) is 0.0967. The van der Waals surface area contributed by atoms with Gasteiger partial charge in [-0.05, 0) is 116 Å². The average Bonchev–Trinajstić information content (AvgIpc) is 3.39. The van der Waals surface area contributed by atoms with Gasteiger partial charge >= 0.3 is 11.9 Å². The Labute approximate surface area is 297 Å². The zero-order valence-corrected chi connectivity index (χ0v) is 28.9. The third-order valence-electron chi connectivity index (χ3n) is 9.98. The van der Waals surface area contributed by atoms with E-state index in [1.54, 1.807) is 0 Å². The summed E-state index contributed by atoms with van der Waals surface area (Å²) >= 11 is 11.7. The summed E-state index contributed by atoms with van der Waals surface area (Å²) in [6.45, 7) is 0.413. The van der Waals surface area contributed by atoms with Gasteiger partial charge in [-0.25, -0.2) is 0 Å². The molecule has 0 heterocycles. The van der Waals surface area contributed by atoms with Crippen molar-refractivity contribution >= 4 is 52.0 Å². The van der Waals surface area contributed by atoms with E-state index in [4.69, 9.17) is 32.7 Å². The second-order valence-electron chi connectivity index (χ2n) is 12.8. The maximum Gasteiger partial charge on any atom is 0.306 e. The van der Waals surface area contributed by atoms with E-state index in [2.05, 4.69) is 109 Å². The maximum absolute atomic E-state index is 12.5. The number of ether oxygens (including phenoxy) is 2. The molecule has 6 heteroatoms. The summed E-state index contributed by atoms with van der Waals surface area (Å²) in [5.41, 5.74) is 11.1. The third kappa shape index (κ3) is 6.77. The largest absolute Gasteiger partial charge is 0.466 e. The molecule has 0 N–H and O–H groups in total. The summed E-state index contributed by atoms with van der Waals surface area (Å²) in [7, 11) is 0. The first kappa shape index (κ1) is 33.1. The molecule has 0 aromatic heterocycles. The van der Waals surface area contributed by atoms with Crippen molar-refractivity contribution in [2.45, 2.75) is 43.9 Å². The van der Waals surface area contributed by atoms with Crippen LogP contribution in [0.2, 0.25) is 0 Å². The van der Waals surface area contributed by atoms with E-state index in [1.807, 2.05) is 0 Å². The van der Waals surface area contributed by atoms with Crippen LogP contribution in [0.5, 0.6) is 0 Å². The van der Waals surface area contributed by atoms with Crippen molar-refractivity contribution in [3.05, 3.63) is 125 Å². The lowest BCUT2D eigenvalue weighted by atomic mass is 9.72. The van der Waals surface area contributed by atoms with Gasteiger partial charge in [0.2, 0.25) is 0 Å². The van der Waals surface area contributed by atoms with Crippen LogP contribution in [0.25, 0.3) is 50.2 Å². The number of alkyl halides is 2. The number of allylic oxidation sites excluding steroid dienone is 1. The van der Waals surface area contributed by atoms with Crippen LogP contribution in [-0.4, -0.2) is 36.9 Å². The molecule has 49 heavy (non-hydrogen) atoms. The van der Waals surface area contributed by atoms with Gasteiger partial charge in [-0.2, -0.15) is 0 Å². The fraction of sp³-hybridized carbons (Fsp3) is 0.256. The van der Waals surface area contributed by atoms with Crippen molar-refractivity contribution in [3.63, 3.8) is 0 Å². The SMILES string of the molecule is O=C(CCCl)OCCC1(CCOC(=O)CCCl)c2cc(-c3ccc4c(c3)C=CCC4)ccc2-c2ccc(-c3ccc4ccccc4c3)cc21. The van der Waals surface area contributed by atoms with Crippen LogP contribution >= 0.6 is 23.2 Å².